The van der Waals surface area contributed by atoms with Crippen LogP contribution in [0.25, 0.3) is 0 Å². The molecule has 1 fully saturated rings. The fraction of sp³-hybridized carbons (Fsp3) is 0.500. The van der Waals surface area contributed by atoms with Crippen LogP contribution in [-0.4, -0.2) is 51.3 Å². The molecule has 0 radical (unpaired) electrons. The van der Waals surface area contributed by atoms with Crippen molar-refractivity contribution in [2.75, 3.05) is 24.4 Å². The van der Waals surface area contributed by atoms with Crippen molar-refractivity contribution >= 4 is 23.1 Å². The number of anilines is 1. The Morgan fingerprint density at radius 3 is 2.64 bits per heavy atom. The van der Waals surface area contributed by atoms with E-state index in [0.29, 0.717) is 0 Å². The molecule has 2 unspecified atom stereocenters. The Morgan fingerprint density at radius 2 is 2.04 bits per heavy atom. The molecule has 7 nitrogen and oxygen atoms in total. The van der Waals surface area contributed by atoms with Crippen LogP contribution >= 0.6 is 0 Å². The maximum Gasteiger partial charge on any atom is 0.267 e. The minimum absolute atomic E-state index is 0.0605. The van der Waals surface area contributed by atoms with Crippen LogP contribution in [0.5, 0.6) is 0 Å². The van der Waals surface area contributed by atoms with Gasteiger partial charge in [0.05, 0.1) is 24.9 Å². The largest absolute Gasteiger partial charge is 0.568 e. The number of likely N-dealkylation sites (tertiary alicyclic amines) is 1. The van der Waals surface area contributed by atoms with Crippen LogP contribution < -0.4 is 9.03 Å². The molecule has 152 valence electrons. The van der Waals surface area contributed by atoms with Crippen molar-refractivity contribution in [3.63, 3.8) is 0 Å². The monoisotopic (exact) mass is 403 g/mol. The lowest BCUT2D eigenvalue weighted by molar-refractivity contribution is -0.118. The summed E-state index contributed by atoms with van der Waals surface area (Å²) >= 11 is -1.67. The zero-order chi connectivity index (χ0) is 20.3. The van der Waals surface area contributed by atoms with E-state index in [4.69, 9.17) is 0 Å². The van der Waals surface area contributed by atoms with Crippen molar-refractivity contribution in [2.45, 2.75) is 39.2 Å². The smallest absolute Gasteiger partial charge is 0.267 e. The highest BCUT2D eigenvalue weighted by molar-refractivity contribution is 7.91. The maximum absolute atomic E-state index is 13.1. The van der Waals surface area contributed by atoms with E-state index in [1.807, 2.05) is 39.2 Å². The SMILES string of the molecule is Cc1cc(C)cc(CC(=O)N[S+]([O-])N(c2cnn(C)c2)C2CCCN(C)C2)c1. The van der Waals surface area contributed by atoms with Gasteiger partial charge >= 0.3 is 0 Å². The number of piperidine rings is 1. The standard InChI is InChI=1S/C20H29N5O2S/c1-15-8-16(2)10-17(9-15)11-20(26)22-28(27)25(19-12-21-24(4)14-19)18-6-5-7-23(3)13-18/h8-10,12,14,18H,5-7,11,13H2,1-4H3,(H,22,26). The lowest BCUT2D eigenvalue weighted by atomic mass is 10.1. The van der Waals surface area contributed by atoms with Crippen molar-refractivity contribution in [3.8, 4) is 0 Å². The van der Waals surface area contributed by atoms with E-state index in [1.54, 1.807) is 15.2 Å². The molecule has 2 aromatic rings. The molecule has 8 heteroatoms. The molecule has 1 saturated heterocycles. The van der Waals surface area contributed by atoms with E-state index < -0.39 is 11.5 Å². The predicted molar refractivity (Wildman–Crippen MR) is 112 cm³/mol. The van der Waals surface area contributed by atoms with Gasteiger partial charge in [0.2, 0.25) is 0 Å². The second kappa shape index (κ2) is 8.98. The molecule has 0 spiro atoms. The van der Waals surface area contributed by atoms with Gasteiger partial charge in [0.1, 0.15) is 5.69 Å². The number of rotatable bonds is 6. The third kappa shape index (κ3) is 5.27. The maximum atomic E-state index is 13.1. The van der Waals surface area contributed by atoms with Crippen LogP contribution in [0.1, 0.15) is 29.5 Å². The van der Waals surface area contributed by atoms with Gasteiger partial charge in [-0.2, -0.15) is 9.40 Å². The predicted octanol–water partition coefficient (Wildman–Crippen LogP) is 1.88. The minimum atomic E-state index is -1.67. The number of carbonyl (C=O) groups excluding carboxylic acids is 1. The van der Waals surface area contributed by atoms with E-state index in [9.17, 15) is 9.35 Å². The van der Waals surface area contributed by atoms with Crippen LogP contribution in [0.3, 0.4) is 0 Å². The van der Waals surface area contributed by atoms with Crippen molar-refractivity contribution in [2.24, 2.45) is 7.05 Å². The molecule has 2 heterocycles. The van der Waals surface area contributed by atoms with E-state index in [1.165, 1.54) is 0 Å². The molecule has 1 aromatic heterocycles. The fourth-order valence-electron chi connectivity index (χ4n) is 3.83. The summed E-state index contributed by atoms with van der Waals surface area (Å²) in [6.45, 7) is 5.85. The average Bonchev–Trinajstić information content (AvgIpc) is 2.99. The Balaban J connectivity index is 1.73. The summed E-state index contributed by atoms with van der Waals surface area (Å²) in [5.74, 6) is -0.249. The summed E-state index contributed by atoms with van der Waals surface area (Å²) < 4.78 is 19.3. The summed E-state index contributed by atoms with van der Waals surface area (Å²) in [5.41, 5.74) is 3.92. The summed E-state index contributed by atoms with van der Waals surface area (Å²) in [6.07, 6.45) is 5.70. The van der Waals surface area contributed by atoms with E-state index in [-0.39, 0.29) is 18.4 Å². The van der Waals surface area contributed by atoms with Crippen molar-refractivity contribution in [1.82, 2.24) is 19.4 Å². The highest BCUT2D eigenvalue weighted by Gasteiger charge is 2.34. The molecule has 0 aliphatic carbocycles. The first-order chi connectivity index (χ1) is 13.3. The van der Waals surface area contributed by atoms with Crippen LogP contribution in [0.2, 0.25) is 0 Å². The van der Waals surface area contributed by atoms with Gasteiger partial charge in [-0.3, -0.25) is 9.48 Å². The third-order valence-electron chi connectivity index (χ3n) is 4.90. The number of aryl methyl sites for hydroxylation is 3. The van der Waals surface area contributed by atoms with Gasteiger partial charge in [0, 0.05) is 13.6 Å². The van der Waals surface area contributed by atoms with Gasteiger partial charge < -0.3 is 9.45 Å². The highest BCUT2D eigenvalue weighted by atomic mass is 32.2. The minimum Gasteiger partial charge on any atom is -0.568 e. The van der Waals surface area contributed by atoms with Gasteiger partial charge in [-0.05, 0) is 45.8 Å². The van der Waals surface area contributed by atoms with E-state index in [0.717, 1.165) is 48.3 Å². The second-order valence-corrected chi connectivity index (χ2v) is 8.80. The summed E-state index contributed by atoms with van der Waals surface area (Å²) in [7, 11) is 3.89. The van der Waals surface area contributed by atoms with Crippen molar-refractivity contribution in [1.29, 1.82) is 0 Å². The number of hydrogen-bond acceptors (Lipinski definition) is 5. The highest BCUT2D eigenvalue weighted by Crippen LogP contribution is 2.25. The van der Waals surface area contributed by atoms with Crippen molar-refractivity contribution in [3.05, 3.63) is 47.3 Å². The Kier molecular flexibility index (Phi) is 6.64. The van der Waals surface area contributed by atoms with Crippen molar-refractivity contribution < 1.29 is 9.35 Å². The average molecular weight is 404 g/mol. The number of hydrogen-bond donors (Lipinski definition) is 1. The molecular weight excluding hydrogens is 374 g/mol. The number of nitrogens with one attached hydrogen (secondary N) is 1. The Bertz CT molecular complexity index is 804. The number of amides is 1. The first-order valence-corrected chi connectivity index (χ1v) is 10.7. The molecule has 1 N–H and O–H groups in total. The summed E-state index contributed by atoms with van der Waals surface area (Å²) in [5, 5.41) is 4.21. The Morgan fingerprint density at radius 1 is 1.32 bits per heavy atom. The molecule has 1 amide bonds. The molecule has 0 saturated carbocycles. The topological polar surface area (TPSA) is 76.5 Å². The molecular formula is C20H29N5O2S. The number of aromatic nitrogens is 2. The Labute approximate surface area is 170 Å². The number of carbonyl (C=O) groups is 1. The summed E-state index contributed by atoms with van der Waals surface area (Å²) in [6, 6.07) is 6.11. The van der Waals surface area contributed by atoms with Gasteiger partial charge in [-0.1, -0.05) is 29.3 Å². The van der Waals surface area contributed by atoms with E-state index in [2.05, 4.69) is 27.8 Å². The van der Waals surface area contributed by atoms with Crippen LogP contribution in [0.15, 0.2) is 30.6 Å². The first kappa shape index (κ1) is 20.7. The number of nitrogens with zero attached hydrogens (tertiary/aromatic N) is 4. The molecule has 1 aromatic carbocycles. The fourth-order valence-corrected chi connectivity index (χ4v) is 4.93. The normalized spacial score (nSPS) is 18.7. The van der Waals surface area contributed by atoms with Gasteiger partial charge in [0.25, 0.3) is 5.91 Å². The quantitative estimate of drug-likeness (QED) is 0.745. The van der Waals surface area contributed by atoms with E-state index >= 15 is 0 Å². The molecule has 2 atom stereocenters. The van der Waals surface area contributed by atoms with Gasteiger partial charge in [-0.25, -0.2) is 0 Å². The second-order valence-electron chi connectivity index (χ2n) is 7.70. The summed E-state index contributed by atoms with van der Waals surface area (Å²) in [4.78, 5) is 14.8. The number of benzene rings is 1. The first-order valence-electron chi connectivity index (χ1n) is 9.57. The zero-order valence-electron chi connectivity index (χ0n) is 17.0. The lowest BCUT2D eigenvalue weighted by Crippen LogP contribution is -2.54. The molecule has 1 aliphatic heterocycles. The van der Waals surface area contributed by atoms with Crippen LogP contribution in [-0.2, 0) is 29.8 Å². The van der Waals surface area contributed by atoms with Gasteiger partial charge in [0.15, 0.2) is 11.5 Å². The van der Waals surface area contributed by atoms with Crippen LogP contribution in [0.4, 0.5) is 5.69 Å². The van der Waals surface area contributed by atoms with Gasteiger partial charge in [-0.15, -0.1) is 4.72 Å². The third-order valence-corrected chi connectivity index (χ3v) is 6.17. The number of likely N-dealkylation sites (N-methyl/N-ethyl adjacent to an activating group) is 1. The zero-order valence-corrected chi connectivity index (χ0v) is 17.8. The molecule has 0 bridgehead atoms. The lowest BCUT2D eigenvalue weighted by Gasteiger charge is -2.36. The molecule has 3 rings (SSSR count). The molecule has 28 heavy (non-hydrogen) atoms. The Hall–Kier alpha value is -2.03. The molecule has 1 aliphatic rings. The van der Waals surface area contributed by atoms with Crippen LogP contribution in [0, 0.1) is 13.8 Å².